The van der Waals surface area contributed by atoms with Crippen molar-refractivity contribution in [3.05, 3.63) is 275 Å². The van der Waals surface area contributed by atoms with E-state index >= 15 is 0 Å². The maximum atomic E-state index is 12.4. The molecule has 0 amide bonds. The van der Waals surface area contributed by atoms with Gasteiger partial charge in [-0.25, -0.2) is 4.79 Å². The number of hydrogen-bond donors (Lipinski definition) is 3. The smallest absolute Gasteiger partial charge is 0.358 e. The Morgan fingerprint density at radius 1 is 0.570 bits per heavy atom. The van der Waals surface area contributed by atoms with Crippen LogP contribution in [0.2, 0.25) is 20.1 Å². The summed E-state index contributed by atoms with van der Waals surface area (Å²) in [4.78, 5) is 42.1. The van der Waals surface area contributed by atoms with Crippen LogP contribution in [0.15, 0.2) is 213 Å². The minimum absolute atomic E-state index is 0.00926. The second kappa shape index (κ2) is 32.2. The first-order valence-electron chi connectivity index (χ1n) is 24.9. The van der Waals surface area contributed by atoms with E-state index in [2.05, 4.69) is 51.7 Å². The molecule has 8 aromatic heterocycles. The summed E-state index contributed by atoms with van der Waals surface area (Å²) < 4.78 is 25.1. The molecular formula is C57H46BrCl4N13O11. The molecule has 29 heteroatoms. The second-order valence-electron chi connectivity index (χ2n) is 17.4. The number of nitro groups is 2. The van der Waals surface area contributed by atoms with Crippen LogP contribution in [0.5, 0.6) is 0 Å². The number of nitrogens with one attached hydrogen (secondary N) is 1. The van der Waals surface area contributed by atoms with Crippen molar-refractivity contribution in [3.63, 3.8) is 0 Å². The van der Waals surface area contributed by atoms with Crippen LogP contribution in [-0.4, -0.2) is 76.6 Å². The average molecular weight is 1310 g/mol. The number of ketones is 1. The predicted molar refractivity (Wildman–Crippen MR) is 322 cm³/mol. The quantitative estimate of drug-likeness (QED) is 0.0371. The highest BCUT2D eigenvalue weighted by Crippen LogP contribution is 2.24. The number of H-pyrrole nitrogens is 1. The fourth-order valence-corrected chi connectivity index (χ4v) is 8.51. The van der Waals surface area contributed by atoms with E-state index in [-0.39, 0.29) is 35.0 Å². The molecule has 0 saturated carbocycles. The largest absolute Gasteiger partial charge is 0.476 e. The van der Waals surface area contributed by atoms with E-state index in [0.29, 0.717) is 58.4 Å². The molecule has 0 saturated heterocycles. The van der Waals surface area contributed by atoms with Gasteiger partial charge in [-0.2, -0.15) is 20.4 Å². The minimum Gasteiger partial charge on any atom is -0.476 e. The van der Waals surface area contributed by atoms with E-state index in [9.17, 15) is 29.8 Å². The first kappa shape index (κ1) is 63.7. The van der Waals surface area contributed by atoms with Crippen molar-refractivity contribution in [1.29, 1.82) is 0 Å². The first-order valence-corrected chi connectivity index (χ1v) is 27.5. The van der Waals surface area contributed by atoms with Crippen molar-refractivity contribution < 1.29 is 42.4 Å². The monoisotopic (exact) mass is 1310 g/mol. The molecule has 4 N–H and O–H groups in total. The molecule has 0 unspecified atom stereocenters. The molecule has 440 valence electrons. The van der Waals surface area contributed by atoms with E-state index in [1.165, 1.54) is 41.9 Å². The van der Waals surface area contributed by atoms with Crippen molar-refractivity contribution in [2.24, 2.45) is 0 Å². The zero-order valence-corrected chi connectivity index (χ0v) is 49.0. The molecule has 0 aliphatic heterocycles. The molecule has 0 fully saturated rings. The summed E-state index contributed by atoms with van der Waals surface area (Å²) in [5.74, 6) is 0.449. The molecule has 12 rings (SSSR count). The minimum atomic E-state index is -1.12. The van der Waals surface area contributed by atoms with Crippen molar-refractivity contribution >= 4 is 91.1 Å². The van der Waals surface area contributed by atoms with Crippen LogP contribution in [0, 0.1) is 20.2 Å². The Morgan fingerprint density at radius 2 is 1.02 bits per heavy atom. The summed E-state index contributed by atoms with van der Waals surface area (Å²) in [6.07, 6.45) is 15.1. The zero-order chi connectivity index (χ0) is 61.4. The third-order valence-corrected chi connectivity index (χ3v) is 13.3. The molecule has 12 aromatic rings. The SMILES string of the molecule is Clc1ccccc1CBr.Nc1cnn(Cc2ccccc2Cl)c1.O=C(Cc1cnn(Cc2ccccc2Cl)c1)c1cc(-c2ccco2)on1.O=C(O)c1cc(-c2ccco2)on1.O=[N+]([O-])c1cn[nH]c1.O=[N+]([O-])c1cnn(Cc2ccccc2Cl)c1. The Morgan fingerprint density at radius 3 is 1.41 bits per heavy atom. The highest BCUT2D eigenvalue weighted by Gasteiger charge is 2.18. The Labute approximate surface area is 515 Å². The number of carboxylic acids is 1. The fraction of sp³-hybridized carbons (Fsp3) is 0.0877. The summed E-state index contributed by atoms with van der Waals surface area (Å²) in [6, 6.07) is 40.1. The Bertz CT molecular complexity index is 4070. The third kappa shape index (κ3) is 19.6. The lowest BCUT2D eigenvalue weighted by atomic mass is 10.1. The average Bonchev–Trinajstić information content (AvgIpc) is 4.56. The number of alkyl halides is 1. The van der Waals surface area contributed by atoms with Crippen molar-refractivity contribution in [2.75, 3.05) is 5.73 Å². The molecule has 86 heavy (non-hydrogen) atoms. The standard InChI is InChI=1S/C19H14ClN3O3.C10H8ClN3O2.C10H10ClN3.C8H5NO4.C7H6BrCl.C3H3N3O2/c20-15-5-2-1-4-14(15)12-23-11-13(10-21-23)8-17(24)16-9-19(26-22-16)18-6-3-7-25-18;11-10-4-2-1-3-8(10)6-13-7-9(5-12-13)14(15)16;11-10-4-2-1-3-8(10)6-14-7-9(12)5-13-14;10-8(11)5-4-7(13-9-5)6-2-1-3-12-6;8-5-6-3-1-2-4-7(6)9;7-6(8)3-1-4-5-2-3/h1-7,9-11H,8,12H2;1-5,7H,6H2;1-5,7H,6,12H2;1-4H,(H,10,11);1-4H,5H2;1-2H,(H,4,5). The number of carbonyl (C=O) groups is 2. The number of rotatable bonds is 15. The number of carboxylic acid groups (broad SMARTS) is 1. The van der Waals surface area contributed by atoms with Gasteiger partial charge in [0.05, 0.1) is 66.3 Å². The molecule has 24 nitrogen and oxygen atoms in total. The maximum absolute atomic E-state index is 12.4. The number of carbonyl (C=O) groups excluding carboxylic acids is 1. The lowest BCUT2D eigenvalue weighted by molar-refractivity contribution is -0.385. The number of hydrogen-bond acceptors (Lipinski definition) is 17. The Kier molecular flexibility index (Phi) is 23.9. The van der Waals surface area contributed by atoms with Gasteiger partial charge in [-0.3, -0.25) is 44.2 Å². The van der Waals surface area contributed by atoms with Crippen molar-refractivity contribution in [1.82, 2.24) is 49.9 Å². The lowest BCUT2D eigenvalue weighted by Gasteiger charge is -2.03. The van der Waals surface area contributed by atoms with Crippen LogP contribution < -0.4 is 5.73 Å². The van der Waals surface area contributed by atoms with Crippen LogP contribution in [0.25, 0.3) is 23.0 Å². The molecule has 0 spiro atoms. The highest BCUT2D eigenvalue weighted by molar-refractivity contribution is 9.08. The first-order chi connectivity index (χ1) is 41.5. The van der Waals surface area contributed by atoms with Crippen LogP contribution in [0.4, 0.5) is 17.1 Å². The molecule has 8 heterocycles. The summed E-state index contributed by atoms with van der Waals surface area (Å²) >= 11 is 27.3. The van der Waals surface area contributed by atoms with Gasteiger partial charge in [0.2, 0.25) is 11.5 Å². The maximum Gasteiger partial charge on any atom is 0.358 e. The van der Waals surface area contributed by atoms with Gasteiger partial charge in [0.1, 0.15) is 18.6 Å². The Hall–Kier alpha value is -9.92. The number of benzene rings is 4. The molecule has 4 aromatic carbocycles. The van der Waals surface area contributed by atoms with Gasteiger partial charge in [0, 0.05) is 56.4 Å². The fourth-order valence-electron chi connectivity index (χ4n) is 7.07. The summed E-state index contributed by atoms with van der Waals surface area (Å²) in [6.45, 7) is 1.62. The molecule has 0 bridgehead atoms. The number of nitrogens with zero attached hydrogens (tertiary/aromatic N) is 11. The number of aromatic amines is 1. The number of Topliss-reactive ketones (excluding diaryl/α,β-unsaturated/α-hetero) is 1. The topological polar surface area (TPSA) is 327 Å². The van der Waals surface area contributed by atoms with Gasteiger partial charge in [0.25, 0.3) is 0 Å². The van der Waals surface area contributed by atoms with Gasteiger partial charge in [-0.15, -0.1) is 0 Å². The summed E-state index contributed by atoms with van der Waals surface area (Å²) in [5, 5.41) is 57.7. The number of nitrogen functional groups attached to an aromatic ring is 1. The van der Waals surface area contributed by atoms with Crippen LogP contribution in [0.1, 0.15) is 48.8 Å². The number of nitrogens with two attached hydrogens (primary N) is 1. The third-order valence-electron chi connectivity index (χ3n) is 11.3. The van der Waals surface area contributed by atoms with Crippen molar-refractivity contribution in [3.8, 4) is 23.0 Å². The van der Waals surface area contributed by atoms with E-state index in [1.807, 2.05) is 97.2 Å². The van der Waals surface area contributed by atoms with Gasteiger partial charge >= 0.3 is 17.3 Å². The second-order valence-corrected chi connectivity index (χ2v) is 19.6. The van der Waals surface area contributed by atoms with Gasteiger partial charge in [-0.05, 0) is 76.3 Å². The molecule has 0 aliphatic carbocycles. The van der Waals surface area contributed by atoms with Gasteiger partial charge in [0.15, 0.2) is 28.7 Å². The van der Waals surface area contributed by atoms with Crippen LogP contribution in [0.3, 0.4) is 0 Å². The summed E-state index contributed by atoms with van der Waals surface area (Å²) in [7, 11) is 0. The number of aromatic nitrogens is 10. The van der Waals surface area contributed by atoms with Gasteiger partial charge < -0.3 is 28.7 Å². The van der Waals surface area contributed by atoms with Gasteiger partial charge in [-0.1, -0.05) is 145 Å². The molecule has 0 aliphatic rings. The van der Waals surface area contributed by atoms with E-state index in [4.69, 9.17) is 75.1 Å². The number of anilines is 1. The molecule has 0 radical (unpaired) electrons. The lowest BCUT2D eigenvalue weighted by Crippen LogP contribution is -2.03. The number of furan rings is 2. The normalized spacial score (nSPS) is 10.3. The number of aromatic carboxylic acids is 1. The van der Waals surface area contributed by atoms with Crippen LogP contribution in [-0.2, 0) is 31.4 Å². The van der Waals surface area contributed by atoms with E-state index < -0.39 is 15.8 Å². The van der Waals surface area contributed by atoms with Crippen molar-refractivity contribution in [2.45, 2.75) is 31.4 Å². The molecular weight excluding hydrogens is 1260 g/mol. The van der Waals surface area contributed by atoms with E-state index in [1.54, 1.807) is 64.4 Å². The Balaban J connectivity index is 0.000000155. The molecule has 0 atom stereocenters. The number of halogens is 5. The van der Waals surface area contributed by atoms with Crippen LogP contribution >= 0.6 is 62.3 Å². The predicted octanol–water partition coefficient (Wildman–Crippen LogP) is 14.1. The zero-order valence-electron chi connectivity index (χ0n) is 44.4. The summed E-state index contributed by atoms with van der Waals surface area (Å²) in [5.41, 5.74) is 11.1. The highest BCUT2D eigenvalue weighted by atomic mass is 79.9. The van der Waals surface area contributed by atoms with E-state index in [0.717, 1.165) is 49.4 Å².